The van der Waals surface area contributed by atoms with Crippen LogP contribution < -0.4 is 5.32 Å². The summed E-state index contributed by atoms with van der Waals surface area (Å²) in [6, 6.07) is 16.6. The second kappa shape index (κ2) is 8.15. The van der Waals surface area contributed by atoms with Crippen LogP contribution in [-0.4, -0.2) is 17.9 Å². The average Bonchev–Trinajstić information content (AvgIpc) is 3.37. The zero-order chi connectivity index (χ0) is 20.4. The van der Waals surface area contributed by atoms with Crippen molar-refractivity contribution in [3.8, 4) is 23.3 Å². The zero-order valence-corrected chi connectivity index (χ0v) is 16.1. The molecule has 1 aliphatic heterocycles. The number of halogens is 1. The van der Waals surface area contributed by atoms with Gasteiger partial charge in [0.1, 0.15) is 11.9 Å². The number of nitrogens with zero attached hydrogens (tertiary/aromatic N) is 2. The summed E-state index contributed by atoms with van der Waals surface area (Å²) in [5.74, 6) is -0.277. The molecule has 4 atom stereocenters. The Morgan fingerprint density at radius 1 is 1.14 bits per heavy atom. The molecule has 0 aromatic heterocycles. The second-order valence-corrected chi connectivity index (χ2v) is 8.12. The van der Waals surface area contributed by atoms with Crippen LogP contribution in [0.5, 0.6) is 0 Å². The van der Waals surface area contributed by atoms with Crippen LogP contribution in [0.15, 0.2) is 42.5 Å². The number of hydrogen-bond donors (Lipinski definition) is 1. The van der Waals surface area contributed by atoms with Crippen LogP contribution in [0, 0.1) is 40.3 Å². The number of ketones is 1. The van der Waals surface area contributed by atoms with Crippen LogP contribution in [0.2, 0.25) is 0 Å². The lowest BCUT2D eigenvalue weighted by atomic mass is 9.88. The summed E-state index contributed by atoms with van der Waals surface area (Å²) in [7, 11) is 0. The maximum Gasteiger partial charge on any atom is 0.151 e. The first-order valence-electron chi connectivity index (χ1n) is 10.0. The van der Waals surface area contributed by atoms with Gasteiger partial charge in [0.2, 0.25) is 0 Å². The van der Waals surface area contributed by atoms with Gasteiger partial charge in [0.05, 0.1) is 23.6 Å². The van der Waals surface area contributed by atoms with Crippen LogP contribution >= 0.6 is 0 Å². The van der Waals surface area contributed by atoms with Gasteiger partial charge in [0, 0.05) is 12.5 Å². The molecule has 4 nitrogen and oxygen atoms in total. The van der Waals surface area contributed by atoms with E-state index >= 15 is 0 Å². The van der Waals surface area contributed by atoms with Crippen molar-refractivity contribution in [3.63, 3.8) is 0 Å². The smallest absolute Gasteiger partial charge is 0.151 e. The number of piperidine rings is 1. The van der Waals surface area contributed by atoms with E-state index in [-0.39, 0.29) is 29.7 Å². The van der Waals surface area contributed by atoms with E-state index in [1.807, 2.05) is 30.3 Å². The Bertz CT molecular complexity index is 1000. The molecule has 0 spiro atoms. The van der Waals surface area contributed by atoms with E-state index in [2.05, 4.69) is 11.4 Å². The van der Waals surface area contributed by atoms with E-state index < -0.39 is 5.82 Å². The fourth-order valence-electron chi connectivity index (χ4n) is 4.65. The minimum atomic E-state index is -0.536. The third-order valence-corrected chi connectivity index (χ3v) is 6.20. The molecule has 1 aliphatic carbocycles. The largest absolute Gasteiger partial charge is 0.304 e. The van der Waals surface area contributed by atoms with Gasteiger partial charge >= 0.3 is 0 Å². The van der Waals surface area contributed by atoms with E-state index in [1.165, 1.54) is 12.1 Å². The predicted octanol–water partition coefficient (Wildman–Crippen LogP) is 4.15. The highest BCUT2D eigenvalue weighted by Gasteiger charge is 2.42. The molecule has 1 N–H and O–H groups in total. The van der Waals surface area contributed by atoms with Gasteiger partial charge in [-0.25, -0.2) is 4.39 Å². The van der Waals surface area contributed by atoms with Crippen LogP contribution in [0.25, 0.3) is 11.1 Å². The number of hydrogen-bond acceptors (Lipinski definition) is 4. The Labute approximate surface area is 170 Å². The van der Waals surface area contributed by atoms with Crippen molar-refractivity contribution in [2.24, 2.45) is 11.8 Å². The average molecular weight is 387 g/mol. The summed E-state index contributed by atoms with van der Waals surface area (Å²) in [5.41, 5.74) is 2.54. The molecule has 1 saturated carbocycles. The van der Waals surface area contributed by atoms with Crippen molar-refractivity contribution in [1.29, 1.82) is 10.5 Å². The first kappa shape index (κ1) is 19.3. The van der Waals surface area contributed by atoms with Gasteiger partial charge in [-0.3, -0.25) is 4.79 Å². The van der Waals surface area contributed by atoms with Crippen molar-refractivity contribution < 1.29 is 9.18 Å². The van der Waals surface area contributed by atoms with E-state index in [0.717, 1.165) is 30.4 Å². The SMILES string of the molecule is N#Cc1ccc(-c2ccc(C[C@H](C#N)CC(=O)[C@H]3N[C@@H]4CC[C@H]3C4)cc2)cc1F. The Balaban J connectivity index is 1.39. The molecule has 1 saturated heterocycles. The van der Waals surface area contributed by atoms with Crippen molar-refractivity contribution in [2.75, 3.05) is 0 Å². The Kier molecular flexibility index (Phi) is 5.43. The second-order valence-electron chi connectivity index (χ2n) is 8.12. The quantitative estimate of drug-likeness (QED) is 0.808. The van der Waals surface area contributed by atoms with Gasteiger partial charge < -0.3 is 5.32 Å². The fraction of sp³-hybridized carbons (Fsp3) is 0.375. The molecule has 1 heterocycles. The van der Waals surface area contributed by atoms with Crippen molar-refractivity contribution in [2.45, 2.75) is 44.2 Å². The van der Waals surface area contributed by atoms with E-state index in [0.29, 0.717) is 23.9 Å². The summed E-state index contributed by atoms with van der Waals surface area (Å²) >= 11 is 0. The molecular weight excluding hydrogens is 365 g/mol. The number of carbonyl (C=O) groups excluding carboxylic acids is 1. The molecule has 5 heteroatoms. The van der Waals surface area contributed by atoms with Gasteiger partial charge in [-0.2, -0.15) is 10.5 Å². The van der Waals surface area contributed by atoms with E-state index in [1.54, 1.807) is 6.07 Å². The Hall–Kier alpha value is -3.02. The van der Waals surface area contributed by atoms with Crippen LogP contribution in [0.1, 0.15) is 36.8 Å². The van der Waals surface area contributed by atoms with Crippen LogP contribution in [0.4, 0.5) is 4.39 Å². The van der Waals surface area contributed by atoms with E-state index in [9.17, 15) is 14.4 Å². The Morgan fingerprint density at radius 3 is 2.48 bits per heavy atom. The summed E-state index contributed by atoms with van der Waals surface area (Å²) in [5, 5.41) is 21.8. The van der Waals surface area contributed by atoms with Gasteiger partial charge in [-0.1, -0.05) is 30.3 Å². The lowest BCUT2D eigenvalue weighted by molar-refractivity contribution is -0.122. The van der Waals surface area contributed by atoms with Crippen LogP contribution in [-0.2, 0) is 11.2 Å². The predicted molar refractivity (Wildman–Crippen MR) is 107 cm³/mol. The minimum Gasteiger partial charge on any atom is -0.304 e. The molecule has 0 amide bonds. The monoisotopic (exact) mass is 387 g/mol. The summed E-state index contributed by atoms with van der Waals surface area (Å²) in [4.78, 5) is 12.6. The topological polar surface area (TPSA) is 76.7 Å². The fourth-order valence-corrected chi connectivity index (χ4v) is 4.65. The molecule has 2 aromatic carbocycles. The summed E-state index contributed by atoms with van der Waals surface area (Å²) in [6.07, 6.45) is 4.16. The molecule has 0 unspecified atom stereocenters. The summed E-state index contributed by atoms with van der Waals surface area (Å²) < 4.78 is 13.8. The molecule has 29 heavy (non-hydrogen) atoms. The maximum absolute atomic E-state index is 13.8. The molecule has 2 aliphatic rings. The lowest BCUT2D eigenvalue weighted by Gasteiger charge is -2.22. The number of nitrogens with one attached hydrogen (secondary N) is 1. The van der Waals surface area contributed by atoms with Crippen molar-refractivity contribution in [1.82, 2.24) is 5.32 Å². The highest BCUT2D eigenvalue weighted by Crippen LogP contribution is 2.36. The zero-order valence-electron chi connectivity index (χ0n) is 16.1. The number of carbonyl (C=O) groups is 1. The highest BCUT2D eigenvalue weighted by atomic mass is 19.1. The Morgan fingerprint density at radius 2 is 1.90 bits per heavy atom. The van der Waals surface area contributed by atoms with E-state index in [4.69, 9.17) is 5.26 Å². The molecule has 4 rings (SSSR count). The van der Waals surface area contributed by atoms with Gasteiger partial charge in [0.25, 0.3) is 0 Å². The third kappa shape index (κ3) is 4.06. The first-order valence-corrected chi connectivity index (χ1v) is 10.0. The van der Waals surface area contributed by atoms with Gasteiger partial charge in [0.15, 0.2) is 5.78 Å². The number of nitriles is 2. The van der Waals surface area contributed by atoms with Gasteiger partial charge in [-0.15, -0.1) is 0 Å². The number of fused-ring (bicyclic) bond motifs is 2. The van der Waals surface area contributed by atoms with Gasteiger partial charge in [-0.05, 0) is 60.4 Å². The first-order chi connectivity index (χ1) is 14.1. The maximum atomic E-state index is 13.8. The number of Topliss-reactive ketones (excluding diaryl/α,β-unsaturated/α-hetero) is 1. The molecule has 0 radical (unpaired) electrons. The number of rotatable bonds is 6. The minimum absolute atomic E-state index is 0.0249. The molecule has 2 aromatic rings. The highest BCUT2D eigenvalue weighted by molar-refractivity contribution is 5.85. The molecular formula is C24H22FN3O. The summed E-state index contributed by atoms with van der Waals surface area (Å²) in [6.45, 7) is 0. The normalized spacial score (nSPS) is 23.3. The number of benzene rings is 2. The lowest BCUT2D eigenvalue weighted by Crippen LogP contribution is -2.42. The molecule has 146 valence electrons. The molecule has 2 bridgehead atoms. The van der Waals surface area contributed by atoms with Crippen LogP contribution in [0.3, 0.4) is 0 Å². The standard InChI is InChI=1S/C24H22FN3O/c25-22-12-18(5-6-20(22)14-27)17-3-1-15(2-4-17)9-16(13-26)10-23(29)24-19-7-8-21(11-19)28-24/h1-6,12,16,19,21,24,28H,7-11H2/t16-,19-,21+,24-/m0/s1. The molecule has 2 fully saturated rings. The third-order valence-electron chi connectivity index (χ3n) is 6.20. The van der Waals surface area contributed by atoms with Crippen molar-refractivity contribution in [3.05, 3.63) is 59.4 Å². The van der Waals surface area contributed by atoms with Crippen molar-refractivity contribution >= 4 is 5.78 Å².